The predicted molar refractivity (Wildman–Crippen MR) is 67.0 cm³/mol. The Hall–Kier alpha value is -1.74. The highest BCUT2D eigenvalue weighted by Gasteiger charge is 2.42. The lowest BCUT2D eigenvalue weighted by Crippen LogP contribution is -2.34. The lowest BCUT2D eigenvalue weighted by Gasteiger charge is -2.35. The third kappa shape index (κ3) is 1.34. The Bertz CT molecular complexity index is 611. The number of aromatic nitrogens is 2. The van der Waals surface area contributed by atoms with Gasteiger partial charge < -0.3 is 4.74 Å². The summed E-state index contributed by atoms with van der Waals surface area (Å²) in [5.41, 5.74) is 4.92. The monoisotopic (exact) mass is 238 g/mol. The molecule has 3 nitrogen and oxygen atoms in total. The Balaban J connectivity index is 1.81. The molecule has 90 valence electrons. The molecule has 0 fully saturated rings. The van der Waals surface area contributed by atoms with Crippen LogP contribution in [0.3, 0.4) is 0 Å². The molecule has 0 amide bonds. The molecule has 1 unspecified atom stereocenters. The van der Waals surface area contributed by atoms with Gasteiger partial charge in [0.05, 0.1) is 17.9 Å². The van der Waals surface area contributed by atoms with Crippen molar-refractivity contribution in [1.82, 2.24) is 9.97 Å². The van der Waals surface area contributed by atoms with Crippen molar-refractivity contribution in [2.45, 2.75) is 31.5 Å². The smallest absolute Gasteiger partial charge is 0.115 e. The van der Waals surface area contributed by atoms with Crippen LogP contribution in [-0.2, 0) is 29.8 Å². The second-order valence-electron chi connectivity index (χ2n) is 5.11. The molecule has 1 aromatic heterocycles. The molecule has 2 aliphatic rings. The van der Waals surface area contributed by atoms with Crippen molar-refractivity contribution < 1.29 is 4.74 Å². The van der Waals surface area contributed by atoms with E-state index in [9.17, 15) is 0 Å². The fourth-order valence-corrected chi connectivity index (χ4v) is 3.19. The molecule has 0 saturated carbocycles. The molecule has 1 aliphatic carbocycles. The number of fused-ring (bicyclic) bond motifs is 3. The molecular formula is C15H14N2O. The van der Waals surface area contributed by atoms with Crippen LogP contribution in [0.15, 0.2) is 36.8 Å². The molecule has 3 heteroatoms. The molecule has 1 aliphatic heterocycles. The lowest BCUT2D eigenvalue weighted by atomic mass is 9.87. The Kier molecular flexibility index (Phi) is 2.06. The van der Waals surface area contributed by atoms with Crippen LogP contribution >= 0.6 is 0 Å². The first-order valence-electron chi connectivity index (χ1n) is 6.37. The van der Waals surface area contributed by atoms with Crippen LogP contribution in [0.5, 0.6) is 0 Å². The van der Waals surface area contributed by atoms with Crippen LogP contribution in [0, 0.1) is 0 Å². The number of rotatable bonds is 0. The van der Waals surface area contributed by atoms with Gasteiger partial charge in [0, 0.05) is 18.2 Å². The topological polar surface area (TPSA) is 35.0 Å². The Morgan fingerprint density at radius 1 is 1.17 bits per heavy atom. The zero-order chi connectivity index (χ0) is 12.0. The first-order chi connectivity index (χ1) is 8.87. The number of hydrogen-bond acceptors (Lipinski definition) is 3. The van der Waals surface area contributed by atoms with E-state index >= 15 is 0 Å². The minimum absolute atomic E-state index is 0.141. The van der Waals surface area contributed by atoms with E-state index in [0.29, 0.717) is 6.61 Å². The number of ether oxygens (including phenoxy) is 1. The quantitative estimate of drug-likeness (QED) is 0.707. The summed E-state index contributed by atoms with van der Waals surface area (Å²) in [4.78, 5) is 8.49. The fraction of sp³-hybridized carbons (Fsp3) is 0.333. The van der Waals surface area contributed by atoms with E-state index in [0.717, 1.165) is 30.5 Å². The van der Waals surface area contributed by atoms with Crippen molar-refractivity contribution in [3.05, 3.63) is 59.2 Å². The zero-order valence-electron chi connectivity index (χ0n) is 10.1. The van der Waals surface area contributed by atoms with E-state index in [-0.39, 0.29) is 5.60 Å². The maximum atomic E-state index is 6.20. The first-order valence-corrected chi connectivity index (χ1v) is 6.37. The van der Waals surface area contributed by atoms with Gasteiger partial charge in [-0.1, -0.05) is 24.3 Å². The molecule has 2 heterocycles. The van der Waals surface area contributed by atoms with Crippen molar-refractivity contribution >= 4 is 0 Å². The minimum atomic E-state index is -0.141. The van der Waals surface area contributed by atoms with Crippen molar-refractivity contribution in [3.63, 3.8) is 0 Å². The molecule has 1 atom stereocenters. The Morgan fingerprint density at radius 3 is 3.11 bits per heavy atom. The van der Waals surface area contributed by atoms with Gasteiger partial charge in [0.2, 0.25) is 0 Å². The standard InChI is InChI=1S/C15H14N2O/c1-2-4-13-11(3-1)5-6-15(13)7-14-12(9-18-15)8-16-10-17-14/h1-4,8,10H,5-7,9H2. The molecule has 18 heavy (non-hydrogen) atoms. The highest BCUT2D eigenvalue weighted by molar-refractivity contribution is 5.40. The van der Waals surface area contributed by atoms with Crippen LogP contribution < -0.4 is 0 Å². The molecule has 0 bridgehead atoms. The second-order valence-corrected chi connectivity index (χ2v) is 5.11. The molecule has 4 rings (SSSR count). The molecule has 0 saturated heterocycles. The molecule has 1 aromatic carbocycles. The molecule has 0 N–H and O–H groups in total. The Labute approximate surface area is 106 Å². The third-order valence-electron chi connectivity index (χ3n) is 4.14. The van der Waals surface area contributed by atoms with Crippen LogP contribution in [0.1, 0.15) is 28.8 Å². The number of nitrogens with zero attached hydrogens (tertiary/aromatic N) is 2. The summed E-state index contributed by atoms with van der Waals surface area (Å²) in [5.74, 6) is 0. The van der Waals surface area contributed by atoms with E-state index in [1.54, 1.807) is 6.33 Å². The fourth-order valence-electron chi connectivity index (χ4n) is 3.19. The summed E-state index contributed by atoms with van der Waals surface area (Å²) >= 11 is 0. The molecule has 1 spiro atoms. The van der Waals surface area contributed by atoms with Gasteiger partial charge >= 0.3 is 0 Å². The summed E-state index contributed by atoms with van der Waals surface area (Å²) in [6, 6.07) is 8.62. The number of hydrogen-bond donors (Lipinski definition) is 0. The van der Waals surface area contributed by atoms with Crippen LogP contribution in [0.25, 0.3) is 0 Å². The molecular weight excluding hydrogens is 224 g/mol. The van der Waals surface area contributed by atoms with E-state index < -0.39 is 0 Å². The minimum Gasteiger partial charge on any atom is -0.365 e. The van der Waals surface area contributed by atoms with E-state index in [1.165, 1.54) is 11.1 Å². The van der Waals surface area contributed by atoms with Crippen molar-refractivity contribution in [1.29, 1.82) is 0 Å². The third-order valence-corrected chi connectivity index (χ3v) is 4.14. The van der Waals surface area contributed by atoms with Gasteiger partial charge in [-0.25, -0.2) is 9.97 Å². The van der Waals surface area contributed by atoms with Gasteiger partial charge in [-0.3, -0.25) is 0 Å². The Morgan fingerprint density at radius 2 is 2.11 bits per heavy atom. The maximum absolute atomic E-state index is 6.20. The van der Waals surface area contributed by atoms with Gasteiger partial charge in [0.15, 0.2) is 0 Å². The van der Waals surface area contributed by atoms with E-state index in [1.807, 2.05) is 6.20 Å². The largest absolute Gasteiger partial charge is 0.365 e. The van der Waals surface area contributed by atoms with E-state index in [2.05, 4.69) is 34.2 Å². The highest BCUT2D eigenvalue weighted by Crippen LogP contribution is 2.45. The van der Waals surface area contributed by atoms with Crippen LogP contribution in [0.4, 0.5) is 0 Å². The van der Waals surface area contributed by atoms with Gasteiger partial charge in [-0.15, -0.1) is 0 Å². The summed E-state index contributed by atoms with van der Waals surface area (Å²) < 4.78 is 6.20. The van der Waals surface area contributed by atoms with Gasteiger partial charge in [-0.2, -0.15) is 0 Å². The van der Waals surface area contributed by atoms with E-state index in [4.69, 9.17) is 4.74 Å². The number of aryl methyl sites for hydroxylation is 1. The number of benzene rings is 1. The summed E-state index contributed by atoms with van der Waals surface area (Å²) in [6.07, 6.45) is 6.56. The lowest BCUT2D eigenvalue weighted by molar-refractivity contribution is -0.0730. The maximum Gasteiger partial charge on any atom is 0.115 e. The highest BCUT2D eigenvalue weighted by atomic mass is 16.5. The van der Waals surface area contributed by atoms with Crippen LogP contribution in [-0.4, -0.2) is 9.97 Å². The first kappa shape index (κ1) is 10.2. The average Bonchev–Trinajstić information content (AvgIpc) is 2.78. The van der Waals surface area contributed by atoms with Crippen molar-refractivity contribution in [3.8, 4) is 0 Å². The van der Waals surface area contributed by atoms with Gasteiger partial charge in [0.25, 0.3) is 0 Å². The van der Waals surface area contributed by atoms with Gasteiger partial charge in [-0.05, 0) is 24.0 Å². The SMILES string of the molecule is c1ccc2c(c1)CCC21Cc2ncncc2CO1. The average molecular weight is 238 g/mol. The molecule has 2 aromatic rings. The summed E-state index contributed by atoms with van der Waals surface area (Å²) in [6.45, 7) is 0.629. The van der Waals surface area contributed by atoms with Crippen molar-refractivity contribution in [2.75, 3.05) is 0 Å². The molecule has 0 radical (unpaired) electrons. The summed E-state index contributed by atoms with van der Waals surface area (Å²) in [5, 5.41) is 0. The zero-order valence-corrected chi connectivity index (χ0v) is 10.1. The van der Waals surface area contributed by atoms with Gasteiger partial charge in [0.1, 0.15) is 6.33 Å². The predicted octanol–water partition coefficient (Wildman–Crippen LogP) is 2.39. The second kappa shape index (κ2) is 3.62. The summed E-state index contributed by atoms with van der Waals surface area (Å²) in [7, 11) is 0. The van der Waals surface area contributed by atoms with Crippen molar-refractivity contribution in [2.24, 2.45) is 0 Å². The van der Waals surface area contributed by atoms with Crippen LogP contribution in [0.2, 0.25) is 0 Å². The normalized spacial score (nSPS) is 24.9.